The minimum Gasteiger partial charge on any atom is -0.493 e. The smallest absolute Gasteiger partial charge is 0.257 e. The summed E-state index contributed by atoms with van der Waals surface area (Å²) >= 11 is 1.36. The minimum absolute atomic E-state index is 0.00642. The molecule has 3 aromatic carbocycles. The number of fused-ring (bicyclic) bond motifs is 1. The van der Waals surface area contributed by atoms with Crippen LogP contribution < -0.4 is 20.3 Å². The lowest BCUT2D eigenvalue weighted by Gasteiger charge is -2.38. The highest BCUT2D eigenvalue weighted by Gasteiger charge is 2.42. The van der Waals surface area contributed by atoms with Crippen LogP contribution in [0.4, 0.5) is 10.2 Å². The molecule has 0 fully saturated rings. The zero-order chi connectivity index (χ0) is 30.1. The summed E-state index contributed by atoms with van der Waals surface area (Å²) in [7, 11) is 1.57. The Balaban J connectivity index is 1.38. The standard InChI is InChI=1S/C34H32FN3O4S/c1-34(2)16-24-29(25(39)17-34)28(22-11-14-26(27(15-22)41-3)42-18-20-7-5-4-6-8-20)30-31(36-24)37-33(38-32(30)40)43-19-21-9-12-23(35)13-10-21/h4-15,28H,16-19H2,1-3H3,(H2,36,37,38,40). The number of halogens is 1. The molecule has 2 heterocycles. The summed E-state index contributed by atoms with van der Waals surface area (Å²) in [4.78, 5) is 35.1. The first-order valence-electron chi connectivity index (χ1n) is 14.1. The van der Waals surface area contributed by atoms with E-state index in [0.29, 0.717) is 58.8 Å². The van der Waals surface area contributed by atoms with Gasteiger partial charge in [-0.2, -0.15) is 0 Å². The number of ether oxygens (including phenoxy) is 2. The van der Waals surface area contributed by atoms with E-state index in [1.165, 1.54) is 23.9 Å². The molecule has 1 aliphatic carbocycles. The molecule has 0 saturated heterocycles. The number of hydrogen-bond acceptors (Lipinski definition) is 7. The molecule has 4 aromatic rings. The maximum Gasteiger partial charge on any atom is 0.257 e. The van der Waals surface area contributed by atoms with E-state index in [9.17, 15) is 14.0 Å². The van der Waals surface area contributed by atoms with Crippen molar-refractivity contribution in [3.63, 3.8) is 0 Å². The van der Waals surface area contributed by atoms with Gasteiger partial charge in [-0.1, -0.05) is 74.1 Å². The molecule has 1 aliphatic heterocycles. The molecule has 1 unspecified atom stereocenters. The van der Waals surface area contributed by atoms with Gasteiger partial charge in [-0.25, -0.2) is 9.37 Å². The number of aromatic nitrogens is 2. The molecule has 43 heavy (non-hydrogen) atoms. The number of carbonyl (C=O) groups is 1. The van der Waals surface area contributed by atoms with Gasteiger partial charge in [-0.05, 0) is 52.8 Å². The lowest BCUT2D eigenvalue weighted by Crippen LogP contribution is -2.37. The molecule has 0 spiro atoms. The number of benzene rings is 3. The fraction of sp³-hybridized carbons (Fsp3) is 0.265. The van der Waals surface area contributed by atoms with Gasteiger partial charge >= 0.3 is 0 Å². The van der Waals surface area contributed by atoms with Crippen LogP contribution in [0.1, 0.15) is 54.9 Å². The molecule has 9 heteroatoms. The van der Waals surface area contributed by atoms with Crippen LogP contribution in [-0.4, -0.2) is 22.9 Å². The maximum atomic E-state index is 13.7. The number of methoxy groups -OCH3 is 1. The van der Waals surface area contributed by atoms with E-state index in [4.69, 9.17) is 14.5 Å². The average Bonchev–Trinajstić information content (AvgIpc) is 2.98. The van der Waals surface area contributed by atoms with Crippen LogP contribution in [0.3, 0.4) is 0 Å². The largest absolute Gasteiger partial charge is 0.493 e. The van der Waals surface area contributed by atoms with Crippen molar-refractivity contribution < 1.29 is 18.7 Å². The quantitative estimate of drug-likeness (QED) is 0.167. The molecular formula is C34H32FN3O4S. The highest BCUT2D eigenvalue weighted by Crippen LogP contribution is 2.48. The van der Waals surface area contributed by atoms with Crippen LogP contribution in [0, 0.1) is 11.2 Å². The van der Waals surface area contributed by atoms with Crippen molar-refractivity contribution >= 4 is 23.4 Å². The predicted octanol–water partition coefficient (Wildman–Crippen LogP) is 6.99. The SMILES string of the molecule is COc1cc(C2C3=C(CC(C)(C)CC3=O)Nc3nc(SCc4ccc(F)cc4)[nH]c(=O)c32)ccc1OCc1ccccc1. The highest BCUT2D eigenvalue weighted by atomic mass is 32.2. The van der Waals surface area contributed by atoms with Gasteiger partial charge in [0.05, 0.1) is 12.7 Å². The van der Waals surface area contributed by atoms with E-state index in [-0.39, 0.29) is 22.6 Å². The molecule has 2 aliphatic rings. The monoisotopic (exact) mass is 597 g/mol. The van der Waals surface area contributed by atoms with Gasteiger partial charge in [-0.15, -0.1) is 0 Å². The number of thioether (sulfide) groups is 1. The second kappa shape index (κ2) is 11.7. The van der Waals surface area contributed by atoms with E-state index in [2.05, 4.69) is 24.1 Å². The molecule has 1 atom stereocenters. The second-order valence-electron chi connectivity index (χ2n) is 11.6. The number of ketones is 1. The number of allylic oxidation sites excluding steroid dienone is 2. The molecule has 2 N–H and O–H groups in total. The number of anilines is 1. The number of hydrogen-bond donors (Lipinski definition) is 2. The summed E-state index contributed by atoms with van der Waals surface area (Å²) in [5.74, 6) is 1.09. The number of carbonyl (C=O) groups excluding carboxylic acids is 1. The van der Waals surface area contributed by atoms with Crippen LogP contribution in [0.2, 0.25) is 0 Å². The van der Waals surface area contributed by atoms with Crippen LogP contribution >= 0.6 is 11.8 Å². The summed E-state index contributed by atoms with van der Waals surface area (Å²) in [5.41, 5.74) is 3.88. The predicted molar refractivity (Wildman–Crippen MR) is 165 cm³/mol. The van der Waals surface area contributed by atoms with Gasteiger partial charge in [0.25, 0.3) is 5.56 Å². The number of Topliss-reactive ketones (excluding diaryl/α,β-unsaturated/α-hetero) is 1. The van der Waals surface area contributed by atoms with Crippen LogP contribution in [0.15, 0.2) is 94.0 Å². The highest BCUT2D eigenvalue weighted by molar-refractivity contribution is 7.98. The lowest BCUT2D eigenvalue weighted by molar-refractivity contribution is -0.118. The maximum absolute atomic E-state index is 13.7. The first kappa shape index (κ1) is 28.7. The molecule has 0 bridgehead atoms. The topological polar surface area (TPSA) is 93.3 Å². The number of rotatable bonds is 8. The third-order valence-corrected chi connectivity index (χ3v) is 8.69. The normalized spacial score (nSPS) is 17.1. The summed E-state index contributed by atoms with van der Waals surface area (Å²) in [6.07, 6.45) is 1.03. The van der Waals surface area contributed by atoms with E-state index in [0.717, 1.165) is 22.4 Å². The van der Waals surface area contributed by atoms with Gasteiger partial charge in [0.2, 0.25) is 0 Å². The van der Waals surface area contributed by atoms with E-state index >= 15 is 0 Å². The molecule has 0 radical (unpaired) electrons. The summed E-state index contributed by atoms with van der Waals surface area (Å²) < 4.78 is 25.1. The Kier molecular flexibility index (Phi) is 7.83. The molecule has 220 valence electrons. The third-order valence-electron chi connectivity index (χ3n) is 7.75. The summed E-state index contributed by atoms with van der Waals surface area (Å²) in [6.45, 7) is 4.51. The van der Waals surface area contributed by atoms with Crippen molar-refractivity contribution in [3.05, 3.63) is 122 Å². The zero-order valence-electron chi connectivity index (χ0n) is 24.2. The summed E-state index contributed by atoms with van der Waals surface area (Å²) in [6, 6.07) is 21.6. The van der Waals surface area contributed by atoms with E-state index in [1.807, 2.05) is 48.5 Å². The molecular weight excluding hydrogens is 565 g/mol. The van der Waals surface area contributed by atoms with Crippen molar-refractivity contribution in [2.75, 3.05) is 12.4 Å². The molecule has 1 aromatic heterocycles. The van der Waals surface area contributed by atoms with Crippen molar-refractivity contribution in [1.29, 1.82) is 0 Å². The van der Waals surface area contributed by atoms with Crippen molar-refractivity contribution in [1.82, 2.24) is 9.97 Å². The minimum atomic E-state index is -0.626. The van der Waals surface area contributed by atoms with Gasteiger partial charge < -0.3 is 19.8 Å². The number of nitrogens with one attached hydrogen (secondary N) is 2. The van der Waals surface area contributed by atoms with Crippen molar-refractivity contribution in [3.8, 4) is 11.5 Å². The Hall–Kier alpha value is -4.37. The molecule has 7 nitrogen and oxygen atoms in total. The van der Waals surface area contributed by atoms with Gasteiger partial charge in [0, 0.05) is 29.4 Å². The van der Waals surface area contributed by atoms with Gasteiger partial charge in [-0.3, -0.25) is 9.59 Å². The zero-order valence-corrected chi connectivity index (χ0v) is 25.0. The first-order chi connectivity index (χ1) is 20.7. The van der Waals surface area contributed by atoms with E-state index in [1.54, 1.807) is 19.2 Å². The average molecular weight is 598 g/mol. The van der Waals surface area contributed by atoms with Crippen molar-refractivity contribution in [2.24, 2.45) is 5.41 Å². The number of H-pyrrole nitrogens is 1. The Morgan fingerprint density at radius 1 is 0.977 bits per heavy atom. The van der Waals surface area contributed by atoms with Crippen LogP contribution in [-0.2, 0) is 17.2 Å². The van der Waals surface area contributed by atoms with Crippen molar-refractivity contribution in [2.45, 2.75) is 50.1 Å². The van der Waals surface area contributed by atoms with Crippen LogP contribution in [0.5, 0.6) is 11.5 Å². The lowest BCUT2D eigenvalue weighted by atomic mass is 9.69. The van der Waals surface area contributed by atoms with Gasteiger partial charge in [0.1, 0.15) is 18.2 Å². The molecule has 6 rings (SSSR count). The fourth-order valence-corrected chi connectivity index (χ4v) is 6.56. The number of aromatic amines is 1. The Bertz CT molecular complexity index is 1770. The Morgan fingerprint density at radius 3 is 2.49 bits per heavy atom. The Labute approximate surface area is 253 Å². The van der Waals surface area contributed by atoms with E-state index < -0.39 is 5.92 Å². The first-order valence-corrected chi connectivity index (χ1v) is 15.1. The van der Waals surface area contributed by atoms with Crippen LogP contribution in [0.25, 0.3) is 0 Å². The fourth-order valence-electron chi connectivity index (χ4n) is 5.75. The third kappa shape index (κ3) is 6.08. The summed E-state index contributed by atoms with van der Waals surface area (Å²) in [5, 5.41) is 3.80. The molecule has 0 saturated carbocycles. The number of nitrogens with zero attached hydrogens (tertiary/aromatic N) is 1. The second-order valence-corrected chi connectivity index (χ2v) is 12.6. The Morgan fingerprint density at radius 2 is 1.74 bits per heavy atom. The molecule has 0 amide bonds. The van der Waals surface area contributed by atoms with Gasteiger partial charge in [0.15, 0.2) is 22.4 Å².